The highest BCUT2D eigenvalue weighted by Gasteiger charge is 2.16. The van der Waals surface area contributed by atoms with Crippen LogP contribution >= 0.6 is 35.0 Å². The van der Waals surface area contributed by atoms with Gasteiger partial charge in [0.15, 0.2) is 11.0 Å². The van der Waals surface area contributed by atoms with E-state index in [9.17, 15) is 4.79 Å². The van der Waals surface area contributed by atoms with Crippen molar-refractivity contribution in [3.63, 3.8) is 0 Å². The van der Waals surface area contributed by atoms with Crippen molar-refractivity contribution >= 4 is 46.6 Å². The average Bonchev–Trinajstić information content (AvgIpc) is 3.06. The van der Waals surface area contributed by atoms with Crippen molar-refractivity contribution in [3.05, 3.63) is 46.8 Å². The molecule has 0 radical (unpaired) electrons. The Kier molecular flexibility index (Phi) is 6.08. The Morgan fingerprint density at radius 2 is 2.12 bits per heavy atom. The summed E-state index contributed by atoms with van der Waals surface area (Å²) in [6.07, 6.45) is 4.81. The van der Waals surface area contributed by atoms with Gasteiger partial charge >= 0.3 is 0 Å². The molecule has 0 spiro atoms. The number of amides is 1. The highest BCUT2D eigenvalue weighted by Crippen LogP contribution is 2.26. The molecule has 1 N–H and O–H groups in total. The molecule has 0 unspecified atom stereocenters. The van der Waals surface area contributed by atoms with Crippen LogP contribution in [0.25, 0.3) is 11.5 Å². The van der Waals surface area contributed by atoms with Crippen LogP contribution in [0.4, 0.5) is 5.69 Å². The highest BCUT2D eigenvalue weighted by molar-refractivity contribution is 7.99. The van der Waals surface area contributed by atoms with Crippen LogP contribution in [0.1, 0.15) is 6.92 Å². The molecular weight excluding hydrogens is 395 g/mol. The van der Waals surface area contributed by atoms with Gasteiger partial charge in [-0.15, -0.1) is 10.2 Å². The first-order valence-corrected chi connectivity index (χ1v) is 9.40. The molecule has 0 atom stereocenters. The monoisotopic (exact) mass is 408 g/mol. The van der Waals surface area contributed by atoms with E-state index in [-0.39, 0.29) is 11.7 Å². The largest absolute Gasteiger partial charge is 0.324 e. The highest BCUT2D eigenvalue weighted by atomic mass is 35.5. The van der Waals surface area contributed by atoms with Crippen LogP contribution in [0.3, 0.4) is 0 Å². The summed E-state index contributed by atoms with van der Waals surface area (Å²) in [5, 5.41) is 12.6. The van der Waals surface area contributed by atoms with Crippen LogP contribution < -0.4 is 5.32 Å². The van der Waals surface area contributed by atoms with Gasteiger partial charge < -0.3 is 9.88 Å². The van der Waals surface area contributed by atoms with Gasteiger partial charge in [0.2, 0.25) is 5.91 Å². The zero-order valence-electron chi connectivity index (χ0n) is 13.7. The summed E-state index contributed by atoms with van der Waals surface area (Å²) in [4.78, 5) is 20.5. The van der Waals surface area contributed by atoms with Crippen molar-refractivity contribution in [2.45, 2.75) is 18.6 Å². The molecule has 10 heteroatoms. The minimum Gasteiger partial charge on any atom is -0.324 e. The van der Waals surface area contributed by atoms with Crippen molar-refractivity contribution in [2.75, 3.05) is 11.1 Å². The van der Waals surface area contributed by atoms with Gasteiger partial charge in [0.25, 0.3) is 0 Å². The maximum absolute atomic E-state index is 12.2. The molecule has 2 aromatic heterocycles. The van der Waals surface area contributed by atoms with Crippen molar-refractivity contribution in [3.8, 4) is 11.5 Å². The van der Waals surface area contributed by atoms with Gasteiger partial charge in [0, 0.05) is 24.0 Å². The zero-order chi connectivity index (χ0) is 18.5. The van der Waals surface area contributed by atoms with E-state index in [1.54, 1.807) is 36.8 Å². The Morgan fingerprint density at radius 3 is 2.85 bits per heavy atom. The second-order valence-corrected chi connectivity index (χ2v) is 6.89. The smallest absolute Gasteiger partial charge is 0.234 e. The van der Waals surface area contributed by atoms with Gasteiger partial charge in [-0.1, -0.05) is 35.0 Å². The number of benzene rings is 1. The summed E-state index contributed by atoms with van der Waals surface area (Å²) in [6.45, 7) is 2.61. The molecule has 3 aromatic rings. The fourth-order valence-corrected chi connectivity index (χ4v) is 3.33. The molecule has 7 nitrogen and oxygen atoms in total. The number of carbonyl (C=O) groups excluding carboxylic acids is 1. The van der Waals surface area contributed by atoms with E-state index >= 15 is 0 Å². The van der Waals surface area contributed by atoms with Crippen molar-refractivity contribution in [2.24, 2.45) is 0 Å². The Hall–Kier alpha value is -2.16. The number of thioether (sulfide) groups is 1. The molecule has 0 aliphatic carbocycles. The first-order valence-electron chi connectivity index (χ1n) is 7.65. The fraction of sp³-hybridized carbons (Fsp3) is 0.188. The third-order valence-electron chi connectivity index (χ3n) is 3.36. The normalized spacial score (nSPS) is 10.7. The van der Waals surface area contributed by atoms with Crippen LogP contribution in [0.5, 0.6) is 0 Å². The molecule has 0 fully saturated rings. The average molecular weight is 409 g/mol. The van der Waals surface area contributed by atoms with Crippen LogP contribution in [-0.4, -0.2) is 36.4 Å². The summed E-state index contributed by atoms with van der Waals surface area (Å²) in [5.74, 6) is 0.550. The number of aromatic nitrogens is 5. The van der Waals surface area contributed by atoms with Gasteiger partial charge in [0.1, 0.15) is 5.69 Å². The lowest BCUT2D eigenvalue weighted by molar-refractivity contribution is -0.113. The second kappa shape index (κ2) is 8.48. The number of halogens is 2. The molecular formula is C16H14Cl2N6OS. The van der Waals surface area contributed by atoms with Gasteiger partial charge in [-0.05, 0) is 25.1 Å². The van der Waals surface area contributed by atoms with Crippen LogP contribution in [0, 0.1) is 0 Å². The zero-order valence-corrected chi connectivity index (χ0v) is 16.0. The van der Waals surface area contributed by atoms with Gasteiger partial charge in [-0.25, -0.2) is 4.98 Å². The lowest BCUT2D eigenvalue weighted by atomic mass is 10.3. The molecule has 1 amide bonds. The van der Waals surface area contributed by atoms with Crippen molar-refractivity contribution in [1.82, 2.24) is 24.7 Å². The molecule has 1 aromatic carbocycles. The molecule has 0 aliphatic heterocycles. The SMILES string of the molecule is CCn1c(SCC(=O)Nc2cc(Cl)ccc2Cl)nnc1-c1cnccn1. The predicted molar refractivity (Wildman–Crippen MR) is 103 cm³/mol. The summed E-state index contributed by atoms with van der Waals surface area (Å²) in [7, 11) is 0. The predicted octanol–water partition coefficient (Wildman–Crippen LogP) is 3.79. The third-order valence-corrected chi connectivity index (χ3v) is 4.89. The first kappa shape index (κ1) is 18.6. The second-order valence-electron chi connectivity index (χ2n) is 5.10. The van der Waals surface area contributed by atoms with Gasteiger partial charge in [0.05, 0.1) is 22.7 Å². The maximum Gasteiger partial charge on any atom is 0.234 e. The number of carbonyl (C=O) groups is 1. The van der Waals surface area contributed by atoms with Gasteiger partial charge in [-0.3, -0.25) is 9.78 Å². The first-order chi connectivity index (χ1) is 12.6. The Labute approximate surface area is 164 Å². The van der Waals surface area contributed by atoms with Crippen molar-refractivity contribution < 1.29 is 4.79 Å². The van der Waals surface area contributed by atoms with Crippen LogP contribution in [0.15, 0.2) is 41.9 Å². The van der Waals surface area contributed by atoms with Crippen LogP contribution in [-0.2, 0) is 11.3 Å². The van der Waals surface area contributed by atoms with E-state index in [1.807, 2.05) is 11.5 Å². The summed E-state index contributed by atoms with van der Waals surface area (Å²) in [5.41, 5.74) is 1.10. The Bertz CT molecular complexity index is 918. The minimum absolute atomic E-state index is 0.154. The maximum atomic E-state index is 12.2. The van der Waals surface area contributed by atoms with E-state index in [0.717, 1.165) is 0 Å². The van der Waals surface area contributed by atoms with Gasteiger partial charge in [-0.2, -0.15) is 0 Å². The lowest BCUT2D eigenvalue weighted by Crippen LogP contribution is -2.15. The summed E-state index contributed by atoms with van der Waals surface area (Å²) in [6, 6.07) is 4.90. The van der Waals surface area contributed by atoms with E-state index < -0.39 is 0 Å². The Morgan fingerprint density at radius 1 is 1.27 bits per heavy atom. The molecule has 3 rings (SSSR count). The topological polar surface area (TPSA) is 85.6 Å². The van der Waals surface area contributed by atoms with Crippen LogP contribution in [0.2, 0.25) is 10.0 Å². The lowest BCUT2D eigenvalue weighted by Gasteiger charge is -2.08. The number of nitrogens with one attached hydrogen (secondary N) is 1. The number of nitrogens with zero attached hydrogens (tertiary/aromatic N) is 5. The molecule has 0 saturated heterocycles. The number of anilines is 1. The molecule has 2 heterocycles. The molecule has 134 valence electrons. The van der Waals surface area contributed by atoms with E-state index in [2.05, 4.69) is 25.5 Å². The number of hydrogen-bond acceptors (Lipinski definition) is 6. The van der Waals surface area contributed by atoms with Crippen molar-refractivity contribution in [1.29, 1.82) is 0 Å². The van der Waals surface area contributed by atoms with E-state index in [4.69, 9.17) is 23.2 Å². The van der Waals surface area contributed by atoms with E-state index in [0.29, 0.717) is 39.0 Å². The quantitative estimate of drug-likeness (QED) is 0.624. The molecule has 0 aliphatic rings. The minimum atomic E-state index is -0.217. The fourth-order valence-electron chi connectivity index (χ4n) is 2.19. The summed E-state index contributed by atoms with van der Waals surface area (Å²) >= 11 is 13.3. The Balaban J connectivity index is 1.69. The third kappa shape index (κ3) is 4.32. The van der Waals surface area contributed by atoms with E-state index in [1.165, 1.54) is 11.8 Å². The molecule has 26 heavy (non-hydrogen) atoms. The number of hydrogen-bond donors (Lipinski definition) is 1. The number of rotatable bonds is 6. The summed E-state index contributed by atoms with van der Waals surface area (Å²) < 4.78 is 1.88. The molecule has 0 bridgehead atoms. The standard InChI is InChI=1S/C16H14Cl2N6OS/c1-2-24-15(13-8-19-5-6-20-13)22-23-16(24)26-9-14(25)21-12-7-10(17)3-4-11(12)18/h3-8H,2,9H2,1H3,(H,21,25). The molecule has 0 saturated carbocycles.